The molecule has 0 saturated carbocycles. The number of benzene rings is 2. The van der Waals surface area contributed by atoms with Gasteiger partial charge in [0.15, 0.2) is 4.34 Å². The summed E-state index contributed by atoms with van der Waals surface area (Å²) in [5.41, 5.74) is 2.92. The number of thioether (sulfide) groups is 1. The van der Waals surface area contributed by atoms with E-state index >= 15 is 0 Å². The fraction of sp³-hybridized carbons (Fsp3) is 0.0667. The lowest BCUT2D eigenvalue weighted by atomic mass is 10.2. The van der Waals surface area contributed by atoms with Gasteiger partial charge in [-0.1, -0.05) is 36.0 Å². The Hall–Kier alpha value is -1.83. The van der Waals surface area contributed by atoms with Gasteiger partial charge in [-0.25, -0.2) is 4.98 Å². The first kappa shape index (κ1) is 12.2. The minimum Gasteiger partial charge on any atom is -0.230 e. The molecule has 1 heterocycles. The van der Waals surface area contributed by atoms with E-state index in [9.17, 15) is 0 Å². The number of hydrogen-bond donors (Lipinski definition) is 0. The van der Waals surface area contributed by atoms with E-state index in [1.807, 2.05) is 42.5 Å². The Balaban J connectivity index is 1.76. The van der Waals surface area contributed by atoms with Crippen LogP contribution in [0.5, 0.6) is 0 Å². The van der Waals surface area contributed by atoms with Crippen LogP contribution in [0.4, 0.5) is 0 Å². The lowest BCUT2D eigenvalue weighted by molar-refractivity contribution is 1.29. The SMILES string of the molecule is N#Cc1cccc(CSc2nc3ccccc3s2)c1. The van der Waals surface area contributed by atoms with Crippen molar-refractivity contribution in [3.05, 3.63) is 59.7 Å². The third-order valence-electron chi connectivity index (χ3n) is 2.69. The average molecular weight is 282 g/mol. The van der Waals surface area contributed by atoms with Crippen molar-refractivity contribution < 1.29 is 0 Å². The van der Waals surface area contributed by atoms with Crippen molar-refractivity contribution in [2.45, 2.75) is 10.1 Å². The van der Waals surface area contributed by atoms with E-state index < -0.39 is 0 Å². The second-order valence-corrected chi connectivity index (χ2v) is 6.30. The van der Waals surface area contributed by atoms with Crippen LogP contribution in [0.2, 0.25) is 0 Å². The summed E-state index contributed by atoms with van der Waals surface area (Å²) in [5, 5.41) is 8.88. The van der Waals surface area contributed by atoms with E-state index in [2.05, 4.69) is 17.1 Å². The number of rotatable bonds is 3. The molecule has 0 aliphatic rings. The maximum Gasteiger partial charge on any atom is 0.151 e. The molecule has 0 radical (unpaired) electrons. The molecule has 3 rings (SSSR count). The molecular weight excluding hydrogens is 272 g/mol. The summed E-state index contributed by atoms with van der Waals surface area (Å²) in [5.74, 6) is 0.843. The summed E-state index contributed by atoms with van der Waals surface area (Å²) in [6.45, 7) is 0. The minimum atomic E-state index is 0.711. The Labute approximate surface area is 119 Å². The van der Waals surface area contributed by atoms with Crippen molar-refractivity contribution in [2.24, 2.45) is 0 Å². The van der Waals surface area contributed by atoms with E-state index in [-0.39, 0.29) is 0 Å². The van der Waals surface area contributed by atoms with Crippen LogP contribution in [0.3, 0.4) is 0 Å². The lowest BCUT2D eigenvalue weighted by Gasteiger charge is -1.98. The van der Waals surface area contributed by atoms with Crippen molar-refractivity contribution in [3.8, 4) is 6.07 Å². The van der Waals surface area contributed by atoms with Crippen LogP contribution in [-0.2, 0) is 5.75 Å². The van der Waals surface area contributed by atoms with E-state index in [1.165, 1.54) is 4.70 Å². The highest BCUT2D eigenvalue weighted by atomic mass is 32.2. The van der Waals surface area contributed by atoms with E-state index in [1.54, 1.807) is 23.1 Å². The molecule has 0 saturated heterocycles. The summed E-state index contributed by atoms with van der Waals surface area (Å²) in [6.07, 6.45) is 0. The average Bonchev–Trinajstić information content (AvgIpc) is 2.88. The molecule has 3 aromatic rings. The third kappa shape index (κ3) is 2.78. The van der Waals surface area contributed by atoms with Gasteiger partial charge in [0, 0.05) is 5.75 Å². The first-order valence-electron chi connectivity index (χ1n) is 5.82. The van der Waals surface area contributed by atoms with E-state index in [0.29, 0.717) is 5.56 Å². The number of thiazole rings is 1. The van der Waals surface area contributed by atoms with Gasteiger partial charge in [-0.05, 0) is 29.8 Å². The molecule has 0 amide bonds. The molecule has 0 N–H and O–H groups in total. The monoisotopic (exact) mass is 282 g/mol. The highest BCUT2D eigenvalue weighted by Crippen LogP contribution is 2.31. The van der Waals surface area contributed by atoms with Gasteiger partial charge in [-0.15, -0.1) is 11.3 Å². The Bertz CT molecular complexity index is 723. The zero-order chi connectivity index (χ0) is 13.1. The molecule has 0 aliphatic carbocycles. The second-order valence-electron chi connectivity index (χ2n) is 4.05. The van der Waals surface area contributed by atoms with Crippen molar-refractivity contribution in [2.75, 3.05) is 0 Å². The quantitative estimate of drug-likeness (QED) is 0.665. The van der Waals surface area contributed by atoms with Gasteiger partial charge < -0.3 is 0 Å². The van der Waals surface area contributed by atoms with Crippen LogP contribution < -0.4 is 0 Å². The number of hydrogen-bond acceptors (Lipinski definition) is 4. The minimum absolute atomic E-state index is 0.711. The molecule has 0 aliphatic heterocycles. The highest BCUT2D eigenvalue weighted by molar-refractivity contribution is 8.00. The largest absolute Gasteiger partial charge is 0.230 e. The topological polar surface area (TPSA) is 36.7 Å². The first-order valence-corrected chi connectivity index (χ1v) is 7.63. The Kier molecular flexibility index (Phi) is 3.49. The van der Waals surface area contributed by atoms with Crippen molar-refractivity contribution >= 4 is 33.3 Å². The van der Waals surface area contributed by atoms with Gasteiger partial charge in [0.2, 0.25) is 0 Å². The van der Waals surface area contributed by atoms with Crippen LogP contribution >= 0.6 is 23.1 Å². The Morgan fingerprint density at radius 1 is 1.16 bits per heavy atom. The van der Waals surface area contributed by atoms with Gasteiger partial charge in [0.1, 0.15) is 0 Å². The maximum atomic E-state index is 8.88. The number of nitriles is 1. The normalized spacial score (nSPS) is 10.5. The summed E-state index contributed by atoms with van der Waals surface area (Å²) in [7, 11) is 0. The fourth-order valence-corrected chi connectivity index (χ4v) is 3.80. The van der Waals surface area contributed by atoms with Crippen LogP contribution in [0.15, 0.2) is 52.9 Å². The van der Waals surface area contributed by atoms with E-state index in [0.717, 1.165) is 21.2 Å². The van der Waals surface area contributed by atoms with E-state index in [4.69, 9.17) is 5.26 Å². The zero-order valence-electron chi connectivity index (χ0n) is 10.0. The summed E-state index contributed by atoms with van der Waals surface area (Å²) in [6, 6.07) is 18.1. The first-order chi connectivity index (χ1) is 9.35. The Morgan fingerprint density at radius 3 is 2.89 bits per heavy atom. The van der Waals surface area contributed by atoms with Gasteiger partial charge in [0.05, 0.1) is 21.8 Å². The summed E-state index contributed by atoms with van der Waals surface area (Å²) < 4.78 is 2.29. The van der Waals surface area contributed by atoms with Crippen LogP contribution in [0.1, 0.15) is 11.1 Å². The van der Waals surface area contributed by atoms with Gasteiger partial charge in [-0.2, -0.15) is 5.26 Å². The van der Waals surface area contributed by atoms with Gasteiger partial charge >= 0.3 is 0 Å². The summed E-state index contributed by atoms with van der Waals surface area (Å²) >= 11 is 3.43. The second kappa shape index (κ2) is 5.43. The number of fused-ring (bicyclic) bond motifs is 1. The van der Waals surface area contributed by atoms with Crippen molar-refractivity contribution in [1.29, 1.82) is 5.26 Å². The molecule has 0 atom stereocenters. The third-order valence-corrected chi connectivity index (χ3v) is 4.94. The predicted molar refractivity (Wildman–Crippen MR) is 80.3 cm³/mol. The summed E-state index contributed by atoms with van der Waals surface area (Å²) in [4.78, 5) is 4.59. The smallest absolute Gasteiger partial charge is 0.151 e. The molecule has 92 valence electrons. The molecule has 0 fully saturated rings. The number of nitrogens with zero attached hydrogens (tertiary/aromatic N) is 2. The predicted octanol–water partition coefficient (Wildman–Crippen LogP) is 4.46. The molecule has 4 heteroatoms. The molecule has 2 aromatic carbocycles. The van der Waals surface area contributed by atoms with Crippen LogP contribution in [0, 0.1) is 11.3 Å². The standard InChI is InChI=1S/C15H10N2S2/c16-9-11-4-3-5-12(8-11)10-18-15-17-13-6-1-2-7-14(13)19-15/h1-8H,10H2. The van der Waals surface area contributed by atoms with Crippen molar-refractivity contribution in [1.82, 2.24) is 4.98 Å². The number of aromatic nitrogens is 1. The zero-order valence-corrected chi connectivity index (χ0v) is 11.7. The highest BCUT2D eigenvalue weighted by Gasteiger charge is 2.04. The molecule has 0 spiro atoms. The lowest BCUT2D eigenvalue weighted by Crippen LogP contribution is -1.82. The van der Waals surface area contributed by atoms with Gasteiger partial charge in [0.25, 0.3) is 0 Å². The molecular formula is C15H10N2S2. The maximum absolute atomic E-state index is 8.88. The van der Waals surface area contributed by atoms with Gasteiger partial charge in [-0.3, -0.25) is 0 Å². The van der Waals surface area contributed by atoms with Crippen molar-refractivity contribution in [3.63, 3.8) is 0 Å². The molecule has 2 nitrogen and oxygen atoms in total. The molecule has 0 bridgehead atoms. The number of para-hydroxylation sites is 1. The molecule has 1 aromatic heterocycles. The Morgan fingerprint density at radius 2 is 2.05 bits per heavy atom. The van der Waals surface area contributed by atoms with Crippen LogP contribution in [0.25, 0.3) is 10.2 Å². The molecule has 19 heavy (non-hydrogen) atoms. The molecule has 0 unspecified atom stereocenters. The fourth-order valence-electron chi connectivity index (χ4n) is 1.79. The van der Waals surface area contributed by atoms with Crippen LogP contribution in [-0.4, -0.2) is 4.98 Å².